The number of aromatic hydroxyl groups is 1. The summed E-state index contributed by atoms with van der Waals surface area (Å²) in [4.78, 5) is 12.0. The second kappa shape index (κ2) is 7.25. The van der Waals surface area contributed by atoms with Gasteiger partial charge in [-0.05, 0) is 37.1 Å². The maximum atomic E-state index is 10.4. The highest BCUT2D eigenvalue weighted by atomic mass is 16.4. The highest BCUT2D eigenvalue weighted by Crippen LogP contribution is 2.18. The largest absolute Gasteiger partial charge is 0.508 e. The first-order chi connectivity index (χ1) is 9.00. The second-order valence-corrected chi connectivity index (χ2v) is 4.26. The van der Waals surface area contributed by atoms with Gasteiger partial charge in [0.05, 0.1) is 0 Å². The standard InChI is InChI=1S/C13H19N3O3/c14-13(15)16(9-3-1-2-4-12(18)19)10-5-7-11(17)8-6-10/h5-8,17H,1-4,9H2,(H3,14,15)(H,18,19). The zero-order valence-corrected chi connectivity index (χ0v) is 10.7. The van der Waals surface area contributed by atoms with Crippen LogP contribution in [-0.4, -0.2) is 28.7 Å². The zero-order chi connectivity index (χ0) is 14.3. The fourth-order valence-electron chi connectivity index (χ4n) is 1.74. The molecule has 0 aliphatic rings. The Bertz CT molecular complexity index is 431. The Morgan fingerprint density at radius 2 is 1.84 bits per heavy atom. The Morgan fingerprint density at radius 1 is 1.21 bits per heavy atom. The number of nitrogens with two attached hydrogens (primary N) is 1. The van der Waals surface area contributed by atoms with Crippen LogP contribution >= 0.6 is 0 Å². The maximum absolute atomic E-state index is 10.4. The monoisotopic (exact) mass is 265 g/mol. The number of carbonyl (C=O) groups is 1. The van der Waals surface area contributed by atoms with E-state index in [-0.39, 0.29) is 18.1 Å². The van der Waals surface area contributed by atoms with E-state index < -0.39 is 5.97 Å². The molecule has 0 saturated heterocycles. The Balaban J connectivity index is 2.47. The smallest absolute Gasteiger partial charge is 0.303 e. The normalized spacial score (nSPS) is 10.1. The molecule has 5 N–H and O–H groups in total. The minimum absolute atomic E-state index is 0.0658. The van der Waals surface area contributed by atoms with Gasteiger partial charge in [0.1, 0.15) is 5.75 Å². The molecule has 104 valence electrons. The van der Waals surface area contributed by atoms with Gasteiger partial charge in [0, 0.05) is 18.7 Å². The summed E-state index contributed by atoms with van der Waals surface area (Å²) in [6.45, 7) is 0.555. The number of benzene rings is 1. The first-order valence-corrected chi connectivity index (χ1v) is 6.13. The third-order valence-electron chi connectivity index (χ3n) is 2.72. The number of nitrogens with zero attached hydrogens (tertiary/aromatic N) is 1. The van der Waals surface area contributed by atoms with Crippen molar-refractivity contribution >= 4 is 17.6 Å². The van der Waals surface area contributed by atoms with Gasteiger partial charge in [0.25, 0.3) is 0 Å². The molecule has 1 aromatic carbocycles. The zero-order valence-electron chi connectivity index (χ0n) is 10.7. The average molecular weight is 265 g/mol. The van der Waals surface area contributed by atoms with Gasteiger partial charge in [-0.3, -0.25) is 10.2 Å². The number of rotatable bonds is 7. The van der Waals surface area contributed by atoms with Crippen molar-refractivity contribution < 1.29 is 15.0 Å². The lowest BCUT2D eigenvalue weighted by molar-refractivity contribution is -0.137. The molecule has 1 rings (SSSR count). The Labute approximate surface area is 112 Å². The van der Waals surface area contributed by atoms with Gasteiger partial charge in [-0.1, -0.05) is 6.42 Å². The molecule has 0 aliphatic carbocycles. The molecule has 1 aromatic rings. The lowest BCUT2D eigenvalue weighted by atomic mass is 10.2. The van der Waals surface area contributed by atoms with Crippen molar-refractivity contribution in [2.24, 2.45) is 5.73 Å². The molecule has 0 aliphatic heterocycles. The third kappa shape index (κ3) is 5.29. The lowest BCUT2D eigenvalue weighted by Crippen LogP contribution is -2.37. The number of guanidine groups is 1. The second-order valence-electron chi connectivity index (χ2n) is 4.26. The molecule has 0 unspecified atom stereocenters. The van der Waals surface area contributed by atoms with Gasteiger partial charge in [-0.25, -0.2) is 0 Å². The number of phenols is 1. The molecule has 0 heterocycles. The predicted molar refractivity (Wildman–Crippen MR) is 73.5 cm³/mol. The molecule has 6 heteroatoms. The number of carboxylic acid groups (broad SMARTS) is 1. The van der Waals surface area contributed by atoms with Crippen molar-refractivity contribution in [3.8, 4) is 5.75 Å². The molecule has 0 saturated carbocycles. The minimum atomic E-state index is -0.790. The lowest BCUT2D eigenvalue weighted by Gasteiger charge is -2.22. The van der Waals surface area contributed by atoms with Crippen molar-refractivity contribution in [2.45, 2.75) is 25.7 Å². The molecule has 0 aromatic heterocycles. The SMILES string of the molecule is N=C(N)N(CCCCCC(=O)O)c1ccc(O)cc1. The van der Waals surface area contributed by atoms with Crippen molar-refractivity contribution in [2.75, 3.05) is 11.4 Å². The molecular formula is C13H19N3O3. The number of phenolic OH excluding ortho intramolecular Hbond substituents is 1. The number of hydrogen-bond acceptors (Lipinski definition) is 3. The van der Waals surface area contributed by atoms with E-state index >= 15 is 0 Å². The minimum Gasteiger partial charge on any atom is -0.508 e. The fourth-order valence-corrected chi connectivity index (χ4v) is 1.74. The van der Waals surface area contributed by atoms with Crippen LogP contribution in [0.2, 0.25) is 0 Å². The van der Waals surface area contributed by atoms with E-state index in [0.717, 1.165) is 18.5 Å². The van der Waals surface area contributed by atoms with Crippen LogP contribution in [0.1, 0.15) is 25.7 Å². The van der Waals surface area contributed by atoms with Crippen molar-refractivity contribution in [1.29, 1.82) is 5.41 Å². The van der Waals surface area contributed by atoms with Crippen LogP contribution in [0.15, 0.2) is 24.3 Å². The fraction of sp³-hybridized carbons (Fsp3) is 0.385. The molecule has 6 nitrogen and oxygen atoms in total. The molecule has 0 radical (unpaired) electrons. The van der Waals surface area contributed by atoms with Gasteiger partial charge in [-0.2, -0.15) is 0 Å². The highest BCUT2D eigenvalue weighted by Gasteiger charge is 2.09. The molecule has 0 amide bonds. The highest BCUT2D eigenvalue weighted by molar-refractivity contribution is 5.92. The first-order valence-electron chi connectivity index (χ1n) is 6.13. The molecule has 0 bridgehead atoms. The van der Waals surface area contributed by atoms with E-state index in [2.05, 4.69) is 0 Å². The van der Waals surface area contributed by atoms with Crippen molar-refractivity contribution in [1.82, 2.24) is 0 Å². The summed E-state index contributed by atoms with van der Waals surface area (Å²) in [5.74, 6) is -0.695. The van der Waals surface area contributed by atoms with Crippen LogP contribution in [0.5, 0.6) is 5.75 Å². The Morgan fingerprint density at radius 3 is 2.37 bits per heavy atom. The topological polar surface area (TPSA) is 111 Å². The number of carboxylic acids is 1. The predicted octanol–water partition coefficient (Wildman–Crippen LogP) is 1.74. The number of anilines is 1. The van der Waals surface area contributed by atoms with E-state index in [1.165, 1.54) is 12.1 Å². The van der Waals surface area contributed by atoms with Crippen LogP contribution in [0.3, 0.4) is 0 Å². The van der Waals surface area contributed by atoms with E-state index in [4.69, 9.17) is 16.2 Å². The molecular weight excluding hydrogens is 246 g/mol. The summed E-state index contributed by atoms with van der Waals surface area (Å²) >= 11 is 0. The first kappa shape index (κ1) is 14.8. The number of hydrogen-bond donors (Lipinski definition) is 4. The Kier molecular flexibility index (Phi) is 5.66. The van der Waals surface area contributed by atoms with Crippen molar-refractivity contribution in [3.05, 3.63) is 24.3 Å². The summed E-state index contributed by atoms with van der Waals surface area (Å²) in [6.07, 6.45) is 2.32. The van der Waals surface area contributed by atoms with Crippen LogP contribution < -0.4 is 10.6 Å². The Hall–Kier alpha value is -2.24. The van der Waals surface area contributed by atoms with Crippen LogP contribution in [0.25, 0.3) is 0 Å². The molecule has 0 atom stereocenters. The maximum Gasteiger partial charge on any atom is 0.303 e. The summed E-state index contributed by atoms with van der Waals surface area (Å²) in [5.41, 5.74) is 6.26. The molecule has 0 spiro atoms. The van der Waals surface area contributed by atoms with Gasteiger partial charge in [0.2, 0.25) is 0 Å². The van der Waals surface area contributed by atoms with E-state index in [1.807, 2.05) is 0 Å². The molecule has 19 heavy (non-hydrogen) atoms. The van der Waals surface area contributed by atoms with Gasteiger partial charge >= 0.3 is 5.97 Å². The van der Waals surface area contributed by atoms with Gasteiger partial charge in [-0.15, -0.1) is 0 Å². The van der Waals surface area contributed by atoms with Gasteiger partial charge in [0.15, 0.2) is 5.96 Å². The number of aliphatic carboxylic acids is 1. The number of unbranched alkanes of at least 4 members (excludes halogenated alkanes) is 2. The van der Waals surface area contributed by atoms with Crippen LogP contribution in [0.4, 0.5) is 5.69 Å². The van der Waals surface area contributed by atoms with Gasteiger partial charge < -0.3 is 20.8 Å². The summed E-state index contributed by atoms with van der Waals surface area (Å²) in [5, 5.41) is 25.3. The number of nitrogens with one attached hydrogen (secondary N) is 1. The van der Waals surface area contributed by atoms with Crippen LogP contribution in [-0.2, 0) is 4.79 Å². The van der Waals surface area contributed by atoms with E-state index in [1.54, 1.807) is 17.0 Å². The van der Waals surface area contributed by atoms with E-state index in [9.17, 15) is 9.90 Å². The average Bonchev–Trinajstić information content (AvgIpc) is 2.34. The van der Waals surface area contributed by atoms with E-state index in [0.29, 0.717) is 13.0 Å². The quantitative estimate of drug-likeness (QED) is 0.341. The summed E-state index contributed by atoms with van der Waals surface area (Å²) < 4.78 is 0. The van der Waals surface area contributed by atoms with Crippen molar-refractivity contribution in [3.63, 3.8) is 0 Å². The van der Waals surface area contributed by atoms with Crippen LogP contribution in [0, 0.1) is 5.41 Å². The summed E-state index contributed by atoms with van der Waals surface area (Å²) in [7, 11) is 0. The molecule has 0 fully saturated rings. The summed E-state index contributed by atoms with van der Waals surface area (Å²) in [6, 6.07) is 6.45. The third-order valence-corrected chi connectivity index (χ3v) is 2.72.